The van der Waals surface area contributed by atoms with E-state index in [1.54, 1.807) is 6.07 Å². The van der Waals surface area contributed by atoms with Gasteiger partial charge in [-0.2, -0.15) is 9.97 Å². The van der Waals surface area contributed by atoms with Gasteiger partial charge in [0.25, 0.3) is 0 Å². The molecule has 0 bridgehead atoms. The Hall–Kier alpha value is -2.61. The molecule has 0 fully saturated rings. The normalized spacial score (nSPS) is 10.1. The summed E-state index contributed by atoms with van der Waals surface area (Å²) in [4.78, 5) is 7.84. The van der Waals surface area contributed by atoms with Crippen molar-refractivity contribution in [1.29, 1.82) is 0 Å². The van der Waals surface area contributed by atoms with Gasteiger partial charge in [-0.1, -0.05) is 0 Å². The van der Waals surface area contributed by atoms with Crippen LogP contribution < -0.4 is 27.1 Å². The van der Waals surface area contributed by atoms with Crippen LogP contribution in [-0.2, 0) is 0 Å². The Morgan fingerprint density at radius 2 is 1.95 bits per heavy atom. The average Bonchev–Trinajstić information content (AvgIpc) is 2.40. The van der Waals surface area contributed by atoms with Crippen LogP contribution in [-0.4, -0.2) is 17.1 Å². The Morgan fingerprint density at radius 1 is 1.21 bits per heavy atom. The molecule has 0 aliphatic rings. The number of rotatable bonds is 4. The van der Waals surface area contributed by atoms with Gasteiger partial charge in [-0.05, 0) is 12.1 Å². The molecular formula is C11H13FN6O. The van der Waals surface area contributed by atoms with Gasteiger partial charge in [-0.15, -0.1) is 0 Å². The Balaban J connectivity index is 2.33. The largest absolute Gasteiger partial charge is 0.494 e. The summed E-state index contributed by atoms with van der Waals surface area (Å²) in [5.41, 5.74) is 8.45. The van der Waals surface area contributed by atoms with Crippen LogP contribution in [0.25, 0.3) is 0 Å². The number of nitrogens with two attached hydrogens (primary N) is 2. The fourth-order valence-corrected chi connectivity index (χ4v) is 1.51. The number of ether oxygens (including phenoxy) is 1. The number of nitrogens with one attached hydrogen (secondary N) is 2. The minimum Gasteiger partial charge on any atom is -0.494 e. The number of benzene rings is 1. The monoisotopic (exact) mass is 264 g/mol. The van der Waals surface area contributed by atoms with E-state index in [9.17, 15) is 4.39 Å². The number of anilines is 4. The smallest absolute Gasteiger partial charge is 0.223 e. The van der Waals surface area contributed by atoms with Crippen molar-refractivity contribution in [2.75, 3.05) is 23.6 Å². The summed E-state index contributed by atoms with van der Waals surface area (Å²) in [6.07, 6.45) is 0. The number of hydrogen-bond acceptors (Lipinski definition) is 7. The summed E-state index contributed by atoms with van der Waals surface area (Å²) in [5.74, 6) is 6.03. The fraction of sp³-hybridized carbons (Fsp3) is 0.0909. The average molecular weight is 264 g/mol. The van der Waals surface area contributed by atoms with Gasteiger partial charge >= 0.3 is 0 Å². The lowest BCUT2D eigenvalue weighted by atomic mass is 10.3. The van der Waals surface area contributed by atoms with Gasteiger partial charge < -0.3 is 21.2 Å². The quantitative estimate of drug-likeness (QED) is 0.485. The van der Waals surface area contributed by atoms with Crippen LogP contribution in [0.1, 0.15) is 0 Å². The fourth-order valence-electron chi connectivity index (χ4n) is 1.51. The molecule has 1 aromatic carbocycles. The van der Waals surface area contributed by atoms with E-state index in [1.807, 2.05) is 0 Å². The van der Waals surface area contributed by atoms with E-state index >= 15 is 0 Å². The molecule has 0 amide bonds. The third kappa shape index (κ3) is 2.99. The third-order valence-corrected chi connectivity index (χ3v) is 2.32. The molecule has 1 heterocycles. The minimum absolute atomic E-state index is 0.0547. The number of halogens is 1. The molecule has 8 heteroatoms. The topological polar surface area (TPSA) is 111 Å². The van der Waals surface area contributed by atoms with Gasteiger partial charge in [0.2, 0.25) is 5.95 Å². The van der Waals surface area contributed by atoms with Crippen LogP contribution in [0.4, 0.5) is 27.7 Å². The molecule has 1 aromatic heterocycles. The van der Waals surface area contributed by atoms with Gasteiger partial charge in [0.1, 0.15) is 23.2 Å². The maximum atomic E-state index is 13.1. The SMILES string of the molecule is COc1cc(F)ccc1Nc1cc(NN)nc(N)n1. The van der Waals surface area contributed by atoms with Crippen molar-refractivity contribution < 1.29 is 9.13 Å². The van der Waals surface area contributed by atoms with Crippen molar-refractivity contribution in [3.8, 4) is 5.75 Å². The third-order valence-electron chi connectivity index (χ3n) is 2.32. The molecule has 0 saturated carbocycles. The van der Waals surface area contributed by atoms with E-state index in [0.29, 0.717) is 23.1 Å². The second-order valence-corrected chi connectivity index (χ2v) is 3.61. The lowest BCUT2D eigenvalue weighted by Crippen LogP contribution is -2.11. The Labute approximate surface area is 108 Å². The van der Waals surface area contributed by atoms with Crippen LogP contribution in [0, 0.1) is 5.82 Å². The molecular weight excluding hydrogens is 251 g/mol. The summed E-state index contributed by atoms with van der Waals surface area (Å²) in [6.45, 7) is 0. The lowest BCUT2D eigenvalue weighted by Gasteiger charge is -2.11. The molecule has 0 saturated heterocycles. The maximum absolute atomic E-state index is 13.1. The molecule has 100 valence electrons. The number of nitrogens with zero attached hydrogens (tertiary/aromatic N) is 2. The van der Waals surface area contributed by atoms with E-state index in [4.69, 9.17) is 16.3 Å². The van der Waals surface area contributed by atoms with Crippen LogP contribution in [0.3, 0.4) is 0 Å². The zero-order valence-corrected chi connectivity index (χ0v) is 10.1. The van der Waals surface area contributed by atoms with E-state index in [2.05, 4.69) is 20.7 Å². The number of methoxy groups -OCH3 is 1. The summed E-state index contributed by atoms with van der Waals surface area (Å²) in [6, 6.07) is 5.65. The predicted molar refractivity (Wildman–Crippen MR) is 70.5 cm³/mol. The van der Waals surface area contributed by atoms with Crippen molar-refractivity contribution in [3.05, 3.63) is 30.1 Å². The van der Waals surface area contributed by atoms with Crippen molar-refractivity contribution in [1.82, 2.24) is 9.97 Å². The van der Waals surface area contributed by atoms with Crippen molar-refractivity contribution in [3.63, 3.8) is 0 Å². The summed E-state index contributed by atoms with van der Waals surface area (Å²) in [7, 11) is 1.45. The van der Waals surface area contributed by atoms with Crippen LogP contribution in [0.5, 0.6) is 5.75 Å². The maximum Gasteiger partial charge on any atom is 0.223 e. The molecule has 7 nitrogen and oxygen atoms in total. The van der Waals surface area contributed by atoms with Crippen molar-refractivity contribution in [2.24, 2.45) is 5.84 Å². The molecule has 2 aromatic rings. The predicted octanol–water partition coefficient (Wildman–Crippen LogP) is 1.24. The van der Waals surface area contributed by atoms with Crippen LogP contribution >= 0.6 is 0 Å². The number of hydrazine groups is 1. The highest BCUT2D eigenvalue weighted by Crippen LogP contribution is 2.28. The van der Waals surface area contributed by atoms with Crippen molar-refractivity contribution in [2.45, 2.75) is 0 Å². The van der Waals surface area contributed by atoms with E-state index in [0.717, 1.165) is 0 Å². The van der Waals surface area contributed by atoms with Crippen LogP contribution in [0.15, 0.2) is 24.3 Å². The zero-order chi connectivity index (χ0) is 13.8. The van der Waals surface area contributed by atoms with Gasteiger partial charge in [0.05, 0.1) is 12.8 Å². The Kier molecular flexibility index (Phi) is 3.62. The molecule has 0 unspecified atom stereocenters. The highest BCUT2D eigenvalue weighted by atomic mass is 19.1. The van der Waals surface area contributed by atoms with Crippen LogP contribution in [0.2, 0.25) is 0 Å². The number of nitrogen functional groups attached to an aromatic ring is 2. The molecule has 6 N–H and O–H groups in total. The second kappa shape index (κ2) is 5.36. The first-order valence-electron chi connectivity index (χ1n) is 5.34. The minimum atomic E-state index is -0.395. The van der Waals surface area contributed by atoms with Gasteiger partial charge in [-0.25, -0.2) is 10.2 Å². The molecule has 0 atom stereocenters. The Bertz CT molecular complexity index is 591. The molecule has 0 aliphatic carbocycles. The van der Waals surface area contributed by atoms with E-state index in [-0.39, 0.29) is 5.95 Å². The molecule has 0 aliphatic heterocycles. The number of aromatic nitrogens is 2. The summed E-state index contributed by atoms with van der Waals surface area (Å²) >= 11 is 0. The van der Waals surface area contributed by atoms with Gasteiger partial charge in [-0.3, -0.25) is 0 Å². The number of hydrogen-bond donors (Lipinski definition) is 4. The Morgan fingerprint density at radius 3 is 2.63 bits per heavy atom. The first-order valence-corrected chi connectivity index (χ1v) is 5.34. The molecule has 0 radical (unpaired) electrons. The van der Waals surface area contributed by atoms with Gasteiger partial charge in [0, 0.05) is 12.1 Å². The summed E-state index contributed by atoms with van der Waals surface area (Å²) in [5, 5.41) is 2.95. The second-order valence-electron chi connectivity index (χ2n) is 3.61. The lowest BCUT2D eigenvalue weighted by molar-refractivity contribution is 0.413. The van der Waals surface area contributed by atoms with E-state index in [1.165, 1.54) is 25.3 Å². The van der Waals surface area contributed by atoms with Gasteiger partial charge in [0.15, 0.2) is 0 Å². The summed E-state index contributed by atoms with van der Waals surface area (Å²) < 4.78 is 18.1. The molecule has 0 spiro atoms. The highest BCUT2D eigenvalue weighted by molar-refractivity contribution is 5.66. The zero-order valence-electron chi connectivity index (χ0n) is 10.1. The standard InChI is InChI=1S/C11H13FN6O/c1-19-8-4-6(12)2-3-7(8)15-9-5-10(18-14)17-11(13)16-9/h2-5H,14H2,1H3,(H4,13,15,16,17,18). The first-order chi connectivity index (χ1) is 9.12. The van der Waals surface area contributed by atoms with Crippen molar-refractivity contribution >= 4 is 23.3 Å². The highest BCUT2D eigenvalue weighted by Gasteiger charge is 2.07. The first kappa shape index (κ1) is 12.8. The van der Waals surface area contributed by atoms with E-state index < -0.39 is 5.82 Å². The molecule has 19 heavy (non-hydrogen) atoms. The molecule has 2 rings (SSSR count).